The smallest absolute Gasteiger partial charge is 0.319 e. The van der Waals surface area contributed by atoms with Gasteiger partial charge in [0.05, 0.1) is 5.92 Å². The summed E-state index contributed by atoms with van der Waals surface area (Å²) in [6.45, 7) is 0. The van der Waals surface area contributed by atoms with Gasteiger partial charge in [-0.3, -0.25) is 4.79 Å². The molecule has 114 valence electrons. The summed E-state index contributed by atoms with van der Waals surface area (Å²) in [7, 11) is 0. The van der Waals surface area contributed by atoms with Gasteiger partial charge in [0.25, 0.3) is 0 Å². The molecular formula is C21H18O2. The lowest BCUT2D eigenvalue weighted by atomic mass is 9.92. The van der Waals surface area contributed by atoms with Crippen LogP contribution in [0.2, 0.25) is 0 Å². The molecule has 0 spiro atoms. The zero-order chi connectivity index (χ0) is 15.9. The summed E-state index contributed by atoms with van der Waals surface area (Å²) in [5, 5.41) is 0. The lowest BCUT2D eigenvalue weighted by Crippen LogP contribution is -2.21. The summed E-state index contributed by atoms with van der Waals surface area (Å²) >= 11 is 0. The van der Waals surface area contributed by atoms with E-state index in [0.717, 1.165) is 11.1 Å². The highest BCUT2D eigenvalue weighted by molar-refractivity contribution is 5.80. The predicted molar refractivity (Wildman–Crippen MR) is 91.4 cm³/mol. The van der Waals surface area contributed by atoms with Gasteiger partial charge in [-0.15, -0.1) is 0 Å². The molecule has 0 aromatic heterocycles. The molecule has 3 rings (SSSR count). The van der Waals surface area contributed by atoms with Gasteiger partial charge >= 0.3 is 5.97 Å². The SMILES string of the molecule is O=C(Oc1ccccc1)C(Cc1ccccc1)c1ccccc1. The summed E-state index contributed by atoms with van der Waals surface area (Å²) in [4.78, 5) is 12.7. The van der Waals surface area contributed by atoms with E-state index in [9.17, 15) is 4.79 Å². The second-order valence-electron chi connectivity index (χ2n) is 5.39. The van der Waals surface area contributed by atoms with E-state index in [2.05, 4.69) is 0 Å². The van der Waals surface area contributed by atoms with Crippen molar-refractivity contribution in [3.05, 3.63) is 102 Å². The molecule has 0 N–H and O–H groups in total. The van der Waals surface area contributed by atoms with Crippen molar-refractivity contribution in [1.29, 1.82) is 0 Å². The highest BCUT2D eigenvalue weighted by atomic mass is 16.5. The molecule has 1 atom stereocenters. The third kappa shape index (κ3) is 4.07. The summed E-state index contributed by atoms with van der Waals surface area (Å²) in [6, 6.07) is 29.0. The molecule has 3 aromatic rings. The summed E-state index contributed by atoms with van der Waals surface area (Å²) in [6.07, 6.45) is 0.622. The molecule has 2 nitrogen and oxygen atoms in total. The summed E-state index contributed by atoms with van der Waals surface area (Å²) < 4.78 is 5.56. The van der Waals surface area contributed by atoms with Gasteiger partial charge < -0.3 is 4.74 Å². The highest BCUT2D eigenvalue weighted by Crippen LogP contribution is 2.24. The summed E-state index contributed by atoms with van der Waals surface area (Å²) in [5.41, 5.74) is 2.09. The zero-order valence-corrected chi connectivity index (χ0v) is 12.8. The van der Waals surface area contributed by atoms with Gasteiger partial charge in [-0.2, -0.15) is 0 Å². The molecule has 0 aliphatic rings. The van der Waals surface area contributed by atoms with Crippen molar-refractivity contribution < 1.29 is 9.53 Å². The van der Waals surface area contributed by atoms with Crippen LogP contribution in [0.25, 0.3) is 0 Å². The van der Waals surface area contributed by atoms with Crippen LogP contribution in [0.4, 0.5) is 0 Å². The van der Waals surface area contributed by atoms with Crippen molar-refractivity contribution >= 4 is 5.97 Å². The Labute approximate surface area is 136 Å². The minimum Gasteiger partial charge on any atom is -0.426 e. The van der Waals surface area contributed by atoms with E-state index in [4.69, 9.17) is 4.74 Å². The van der Waals surface area contributed by atoms with Crippen molar-refractivity contribution in [1.82, 2.24) is 0 Å². The number of ether oxygens (including phenoxy) is 1. The molecule has 1 unspecified atom stereocenters. The van der Waals surface area contributed by atoms with Crippen LogP contribution in [0, 0.1) is 0 Å². The maximum atomic E-state index is 12.7. The van der Waals surface area contributed by atoms with Crippen LogP contribution in [-0.2, 0) is 11.2 Å². The van der Waals surface area contributed by atoms with E-state index in [0.29, 0.717) is 12.2 Å². The molecular weight excluding hydrogens is 284 g/mol. The number of para-hydroxylation sites is 1. The predicted octanol–water partition coefficient (Wildman–Crippen LogP) is 4.62. The van der Waals surface area contributed by atoms with Crippen LogP contribution < -0.4 is 4.74 Å². The Morgan fingerprint density at radius 1 is 0.739 bits per heavy atom. The molecule has 3 aromatic carbocycles. The number of carbonyl (C=O) groups is 1. The van der Waals surface area contributed by atoms with Crippen LogP contribution >= 0.6 is 0 Å². The van der Waals surface area contributed by atoms with E-state index in [1.165, 1.54) is 0 Å². The number of esters is 1. The monoisotopic (exact) mass is 302 g/mol. The molecule has 0 heterocycles. The average Bonchev–Trinajstić information content (AvgIpc) is 2.62. The number of benzene rings is 3. The molecule has 0 aliphatic heterocycles. The first-order chi connectivity index (χ1) is 11.3. The van der Waals surface area contributed by atoms with Crippen molar-refractivity contribution in [3.8, 4) is 5.75 Å². The molecule has 2 heteroatoms. The van der Waals surface area contributed by atoms with Crippen LogP contribution in [-0.4, -0.2) is 5.97 Å². The first-order valence-corrected chi connectivity index (χ1v) is 7.68. The fourth-order valence-electron chi connectivity index (χ4n) is 2.55. The highest BCUT2D eigenvalue weighted by Gasteiger charge is 2.23. The molecule has 0 bridgehead atoms. The van der Waals surface area contributed by atoms with Gasteiger partial charge in [0.1, 0.15) is 5.75 Å². The Morgan fingerprint density at radius 3 is 1.87 bits per heavy atom. The Hall–Kier alpha value is -2.87. The molecule has 0 fully saturated rings. The maximum absolute atomic E-state index is 12.7. The van der Waals surface area contributed by atoms with E-state index in [1.807, 2.05) is 78.9 Å². The van der Waals surface area contributed by atoms with Gasteiger partial charge in [0.15, 0.2) is 0 Å². The van der Waals surface area contributed by atoms with Gasteiger partial charge in [-0.05, 0) is 29.7 Å². The second kappa shape index (κ2) is 7.41. The fourth-order valence-corrected chi connectivity index (χ4v) is 2.55. The number of carbonyl (C=O) groups excluding carboxylic acids is 1. The van der Waals surface area contributed by atoms with E-state index >= 15 is 0 Å². The Morgan fingerprint density at radius 2 is 1.26 bits per heavy atom. The molecule has 0 amide bonds. The second-order valence-corrected chi connectivity index (χ2v) is 5.39. The first kappa shape index (κ1) is 15.0. The van der Waals surface area contributed by atoms with Gasteiger partial charge in [0, 0.05) is 0 Å². The maximum Gasteiger partial charge on any atom is 0.319 e. The third-order valence-electron chi connectivity index (χ3n) is 3.73. The van der Waals surface area contributed by atoms with Crippen LogP contribution in [0.1, 0.15) is 17.0 Å². The largest absolute Gasteiger partial charge is 0.426 e. The van der Waals surface area contributed by atoms with Gasteiger partial charge in [-0.25, -0.2) is 0 Å². The van der Waals surface area contributed by atoms with Crippen LogP contribution in [0.3, 0.4) is 0 Å². The first-order valence-electron chi connectivity index (χ1n) is 7.68. The Balaban J connectivity index is 1.84. The topological polar surface area (TPSA) is 26.3 Å². The standard InChI is InChI=1S/C21H18O2/c22-21(23-19-14-8-3-9-15-19)20(18-12-6-2-7-13-18)16-17-10-4-1-5-11-17/h1-15,20H,16H2. The lowest BCUT2D eigenvalue weighted by Gasteiger charge is -2.16. The number of rotatable bonds is 5. The average molecular weight is 302 g/mol. The van der Waals surface area contributed by atoms with E-state index in [1.54, 1.807) is 12.1 Å². The number of hydrogen-bond donors (Lipinski definition) is 0. The normalized spacial score (nSPS) is 11.7. The van der Waals surface area contributed by atoms with Crippen molar-refractivity contribution in [2.45, 2.75) is 12.3 Å². The van der Waals surface area contributed by atoms with Crippen LogP contribution in [0.5, 0.6) is 5.75 Å². The van der Waals surface area contributed by atoms with Gasteiger partial charge in [-0.1, -0.05) is 78.9 Å². The van der Waals surface area contributed by atoms with Crippen molar-refractivity contribution in [2.75, 3.05) is 0 Å². The van der Waals surface area contributed by atoms with E-state index < -0.39 is 0 Å². The molecule has 0 saturated heterocycles. The number of hydrogen-bond acceptors (Lipinski definition) is 2. The summed E-state index contributed by atoms with van der Waals surface area (Å²) in [5.74, 6) is 0.0246. The third-order valence-corrected chi connectivity index (χ3v) is 3.73. The van der Waals surface area contributed by atoms with Crippen molar-refractivity contribution in [2.24, 2.45) is 0 Å². The minimum atomic E-state index is -0.321. The minimum absolute atomic E-state index is 0.230. The van der Waals surface area contributed by atoms with Crippen molar-refractivity contribution in [3.63, 3.8) is 0 Å². The fraction of sp³-hybridized carbons (Fsp3) is 0.0952. The lowest BCUT2D eigenvalue weighted by molar-refractivity contribution is -0.136. The van der Waals surface area contributed by atoms with Gasteiger partial charge in [0.2, 0.25) is 0 Å². The molecule has 0 saturated carbocycles. The molecule has 23 heavy (non-hydrogen) atoms. The Kier molecular flexibility index (Phi) is 4.85. The molecule has 0 radical (unpaired) electrons. The Bertz CT molecular complexity index is 737. The molecule has 0 aliphatic carbocycles. The zero-order valence-electron chi connectivity index (χ0n) is 12.8. The van der Waals surface area contributed by atoms with E-state index in [-0.39, 0.29) is 11.9 Å². The van der Waals surface area contributed by atoms with Crippen LogP contribution in [0.15, 0.2) is 91.0 Å². The quantitative estimate of drug-likeness (QED) is 0.508.